The summed E-state index contributed by atoms with van der Waals surface area (Å²) in [5.74, 6) is 0.663. The van der Waals surface area contributed by atoms with Crippen LogP contribution in [0.25, 0.3) is 88.2 Å². The van der Waals surface area contributed by atoms with Crippen LogP contribution in [-0.2, 0) is 5.41 Å². The maximum absolute atomic E-state index is 5.50. The topological polar surface area (TPSA) is 35.6 Å². The number of nitrogens with zero attached hydrogens (tertiary/aromatic N) is 4. The minimum Gasteiger partial charge on any atom is -0.309 e. The molecule has 5 heteroatoms. The van der Waals surface area contributed by atoms with Crippen LogP contribution in [0.15, 0.2) is 204 Å². The van der Waals surface area contributed by atoms with Gasteiger partial charge in [-0.25, -0.2) is 9.97 Å². The summed E-state index contributed by atoms with van der Waals surface area (Å²) >= 11 is 1.90. The van der Waals surface area contributed by atoms with Gasteiger partial charge in [-0.1, -0.05) is 163 Å². The van der Waals surface area contributed by atoms with Crippen LogP contribution in [0, 0.1) is 0 Å². The summed E-state index contributed by atoms with van der Waals surface area (Å²) in [4.78, 5) is 13.4. The molecule has 12 aromatic rings. The second-order valence-electron chi connectivity index (χ2n) is 16.1. The molecule has 0 saturated carbocycles. The molecule has 2 aliphatic rings. The van der Waals surface area contributed by atoms with Crippen molar-refractivity contribution in [3.05, 3.63) is 216 Å². The highest BCUT2D eigenvalue weighted by Crippen LogP contribution is 2.62. The van der Waals surface area contributed by atoms with Gasteiger partial charge in [0.1, 0.15) is 0 Å². The van der Waals surface area contributed by atoms with Crippen molar-refractivity contribution in [2.45, 2.75) is 15.2 Å². The Bertz CT molecular complexity index is 3840. The van der Waals surface area contributed by atoms with E-state index < -0.39 is 5.41 Å². The molecule has 60 heavy (non-hydrogen) atoms. The fourth-order valence-corrected chi connectivity index (χ4v) is 12.1. The predicted molar refractivity (Wildman–Crippen MR) is 247 cm³/mol. The van der Waals surface area contributed by atoms with Gasteiger partial charge in [-0.2, -0.15) is 0 Å². The Hall–Kier alpha value is -7.47. The molecular weight excluding hydrogens is 749 g/mol. The van der Waals surface area contributed by atoms with Gasteiger partial charge in [-0.3, -0.25) is 4.57 Å². The Labute approximate surface area is 349 Å². The normalized spacial score (nSPS) is 15.3. The van der Waals surface area contributed by atoms with E-state index in [1.165, 1.54) is 81.1 Å². The van der Waals surface area contributed by atoms with Gasteiger partial charge in [0.05, 0.1) is 44.4 Å². The van der Waals surface area contributed by atoms with Gasteiger partial charge in [0.25, 0.3) is 0 Å². The summed E-state index contributed by atoms with van der Waals surface area (Å²) < 4.78 is 4.81. The van der Waals surface area contributed by atoms with Crippen LogP contribution in [0.4, 0.5) is 0 Å². The lowest BCUT2D eigenvalue weighted by Crippen LogP contribution is -2.37. The Morgan fingerprint density at radius 3 is 2.02 bits per heavy atom. The molecule has 1 atom stereocenters. The van der Waals surface area contributed by atoms with E-state index in [1.54, 1.807) is 0 Å². The summed E-state index contributed by atoms with van der Waals surface area (Å²) in [6.07, 6.45) is 0. The molecule has 0 bridgehead atoms. The smallest absolute Gasteiger partial charge is 0.235 e. The fraction of sp³-hybridized carbons (Fsp3) is 0.0182. The van der Waals surface area contributed by atoms with Crippen LogP contribution in [0.3, 0.4) is 0 Å². The molecular formula is C55H32N4S. The number of fused-ring (bicyclic) bond motifs is 17. The summed E-state index contributed by atoms with van der Waals surface area (Å²) in [7, 11) is 0. The molecule has 1 spiro atoms. The molecule has 0 amide bonds. The van der Waals surface area contributed by atoms with Gasteiger partial charge in [-0.15, -0.1) is 0 Å². The molecule has 0 aliphatic carbocycles. The van der Waals surface area contributed by atoms with Crippen molar-refractivity contribution in [2.75, 3.05) is 0 Å². The Kier molecular flexibility index (Phi) is 6.40. The third-order valence-corrected chi connectivity index (χ3v) is 14.4. The first-order chi connectivity index (χ1) is 29.8. The number of hydrogen-bond acceptors (Lipinski definition) is 3. The number of para-hydroxylation sites is 5. The van der Waals surface area contributed by atoms with Crippen LogP contribution in [-0.4, -0.2) is 19.1 Å². The summed E-state index contributed by atoms with van der Waals surface area (Å²) in [5.41, 5.74) is 13.5. The zero-order chi connectivity index (χ0) is 39.1. The monoisotopic (exact) mass is 780 g/mol. The molecule has 278 valence electrons. The molecule has 0 saturated heterocycles. The minimum absolute atomic E-state index is 0.572. The van der Waals surface area contributed by atoms with E-state index in [-0.39, 0.29) is 0 Å². The fourth-order valence-electron chi connectivity index (χ4n) is 10.8. The van der Waals surface area contributed by atoms with Crippen molar-refractivity contribution in [1.29, 1.82) is 0 Å². The Balaban J connectivity index is 1.10. The van der Waals surface area contributed by atoms with Crippen LogP contribution < -0.4 is 0 Å². The van der Waals surface area contributed by atoms with E-state index >= 15 is 0 Å². The number of rotatable bonds is 2. The first-order valence-electron chi connectivity index (χ1n) is 20.5. The van der Waals surface area contributed by atoms with Crippen molar-refractivity contribution >= 4 is 77.0 Å². The largest absolute Gasteiger partial charge is 0.309 e. The highest BCUT2D eigenvalue weighted by Gasteiger charge is 2.50. The van der Waals surface area contributed by atoms with E-state index in [9.17, 15) is 0 Å². The first kappa shape index (κ1) is 32.5. The average Bonchev–Trinajstić information content (AvgIpc) is 3.84. The Morgan fingerprint density at radius 1 is 0.433 bits per heavy atom. The maximum atomic E-state index is 5.50. The highest BCUT2D eigenvalue weighted by molar-refractivity contribution is 7.99. The molecule has 3 aromatic heterocycles. The average molecular weight is 781 g/mol. The van der Waals surface area contributed by atoms with E-state index in [0.717, 1.165) is 33.2 Å². The standard InChI is InChI=1S/C55H32N4S/c1-2-15-34-32-35(29-28-33(34)14-1)51-38-17-3-8-23-44(38)56-54(57-51)59-46-25-10-5-18-39(46)50-48(59)31-30-43-53(50)60-49-27-12-7-21-41(49)55(43)40-20-6-11-26-47(40)58-45-24-9-4-16-36(45)37-19-13-22-42(55)52(37)58/h1-32H. The molecule has 5 heterocycles. The zero-order valence-electron chi connectivity index (χ0n) is 32.2. The van der Waals surface area contributed by atoms with Gasteiger partial charge < -0.3 is 4.57 Å². The summed E-state index contributed by atoms with van der Waals surface area (Å²) in [5, 5.41) is 8.40. The molecule has 1 unspecified atom stereocenters. The van der Waals surface area contributed by atoms with E-state index in [4.69, 9.17) is 9.97 Å². The second kappa shape index (κ2) is 11.8. The lowest BCUT2D eigenvalue weighted by atomic mass is 9.62. The molecule has 2 aliphatic heterocycles. The summed E-state index contributed by atoms with van der Waals surface area (Å²) in [6.45, 7) is 0. The third kappa shape index (κ3) is 4.07. The Morgan fingerprint density at radius 2 is 1.12 bits per heavy atom. The van der Waals surface area contributed by atoms with Crippen molar-refractivity contribution in [3.8, 4) is 22.9 Å². The molecule has 4 nitrogen and oxygen atoms in total. The van der Waals surface area contributed by atoms with Gasteiger partial charge >= 0.3 is 0 Å². The number of aromatic nitrogens is 4. The number of hydrogen-bond donors (Lipinski definition) is 0. The quantitative estimate of drug-likeness (QED) is 0.175. The second-order valence-corrected chi connectivity index (χ2v) is 17.1. The van der Waals surface area contributed by atoms with Crippen molar-refractivity contribution in [3.63, 3.8) is 0 Å². The van der Waals surface area contributed by atoms with Gasteiger partial charge in [0.2, 0.25) is 5.95 Å². The highest BCUT2D eigenvalue weighted by atomic mass is 32.2. The van der Waals surface area contributed by atoms with E-state index in [1.807, 2.05) is 11.8 Å². The van der Waals surface area contributed by atoms with Gasteiger partial charge in [0.15, 0.2) is 0 Å². The molecule has 14 rings (SSSR count). The van der Waals surface area contributed by atoms with E-state index in [2.05, 4.69) is 203 Å². The van der Waals surface area contributed by atoms with Gasteiger partial charge in [-0.05, 0) is 75.5 Å². The molecule has 0 N–H and O–H groups in total. The minimum atomic E-state index is -0.572. The zero-order valence-corrected chi connectivity index (χ0v) is 33.0. The summed E-state index contributed by atoms with van der Waals surface area (Å²) in [6, 6.07) is 71.1. The lowest BCUT2D eigenvalue weighted by Gasteiger charge is -2.45. The van der Waals surface area contributed by atoms with Crippen molar-refractivity contribution in [1.82, 2.24) is 19.1 Å². The van der Waals surface area contributed by atoms with Crippen molar-refractivity contribution in [2.24, 2.45) is 0 Å². The molecule has 0 fully saturated rings. The van der Waals surface area contributed by atoms with Crippen molar-refractivity contribution < 1.29 is 0 Å². The van der Waals surface area contributed by atoms with Gasteiger partial charge in [0, 0.05) is 42.3 Å². The van der Waals surface area contributed by atoms with Crippen LogP contribution in [0.1, 0.15) is 22.3 Å². The molecule has 9 aromatic carbocycles. The number of benzene rings is 9. The third-order valence-electron chi connectivity index (χ3n) is 13.2. The van der Waals surface area contributed by atoms with Crippen LogP contribution >= 0.6 is 11.8 Å². The first-order valence-corrected chi connectivity index (χ1v) is 21.3. The lowest BCUT2D eigenvalue weighted by molar-refractivity contribution is 0.692. The van der Waals surface area contributed by atoms with Crippen LogP contribution in [0.2, 0.25) is 0 Å². The molecule has 0 radical (unpaired) electrons. The maximum Gasteiger partial charge on any atom is 0.235 e. The predicted octanol–water partition coefficient (Wildman–Crippen LogP) is 13.8. The van der Waals surface area contributed by atoms with Crippen LogP contribution in [0.5, 0.6) is 0 Å². The van der Waals surface area contributed by atoms with E-state index in [0.29, 0.717) is 5.95 Å². The SMILES string of the molecule is c1ccc2c(c1)Sc1c(ccc3c1c1ccccc1n3-c1nc(-c3ccc4ccccc4c3)c3ccccc3n1)C21c2ccccc2-n2c3ccccc3c3cccc1c32.